The summed E-state index contributed by atoms with van der Waals surface area (Å²) >= 11 is 0. The molecule has 0 aliphatic carbocycles. The lowest BCUT2D eigenvalue weighted by molar-refractivity contribution is 0.152. The van der Waals surface area contributed by atoms with Gasteiger partial charge in [-0.2, -0.15) is 0 Å². The van der Waals surface area contributed by atoms with Gasteiger partial charge in [-0.25, -0.2) is 13.8 Å². The highest BCUT2D eigenvalue weighted by atomic mass is 19.3. The summed E-state index contributed by atoms with van der Waals surface area (Å²) in [4.78, 5) is 9.19. The number of nitrogens with zero attached hydrogens (tertiary/aromatic N) is 3. The van der Waals surface area contributed by atoms with E-state index in [1.165, 1.54) is 17.3 Å². The quantitative estimate of drug-likeness (QED) is 0.722. The maximum Gasteiger partial charge on any atom is 0.255 e. The van der Waals surface area contributed by atoms with E-state index in [4.69, 9.17) is 10.8 Å². The van der Waals surface area contributed by atoms with Crippen LogP contribution in [0.5, 0.6) is 0 Å². The minimum atomic E-state index is -2.50. The average Bonchev–Trinajstić information content (AvgIpc) is 2.28. The number of halogens is 2. The molecule has 7 heteroatoms. The largest absolute Gasteiger partial charge is 0.395 e. The second kappa shape index (κ2) is 6.29. The predicted octanol–water partition coefficient (Wildman–Crippen LogP) is -0.000900. The van der Waals surface area contributed by atoms with Crippen LogP contribution in [0.4, 0.5) is 14.6 Å². The van der Waals surface area contributed by atoms with Crippen molar-refractivity contribution in [2.75, 3.05) is 24.6 Å². The number of aromatic nitrogens is 2. The van der Waals surface area contributed by atoms with Gasteiger partial charge in [0, 0.05) is 25.5 Å². The van der Waals surface area contributed by atoms with E-state index in [1.807, 2.05) is 0 Å². The highest BCUT2D eigenvalue weighted by Crippen LogP contribution is 2.15. The second-order valence-corrected chi connectivity index (χ2v) is 3.09. The normalized spacial score (nSPS) is 10.8. The number of hydrogen-bond donors (Lipinski definition) is 2. The SMILES string of the molecule is NCc1nccnc1N(CCO)CC(F)F. The maximum atomic E-state index is 12.3. The molecule has 90 valence electrons. The first-order chi connectivity index (χ1) is 7.69. The summed E-state index contributed by atoms with van der Waals surface area (Å²) in [5.41, 5.74) is 5.88. The van der Waals surface area contributed by atoms with Crippen molar-refractivity contribution in [2.24, 2.45) is 5.73 Å². The van der Waals surface area contributed by atoms with E-state index in [0.717, 1.165) is 0 Å². The molecule has 5 nitrogen and oxygen atoms in total. The van der Waals surface area contributed by atoms with Crippen molar-refractivity contribution in [2.45, 2.75) is 13.0 Å². The molecule has 0 saturated heterocycles. The van der Waals surface area contributed by atoms with Gasteiger partial charge in [-0.05, 0) is 0 Å². The van der Waals surface area contributed by atoms with Crippen LogP contribution in [-0.2, 0) is 6.54 Å². The molecule has 0 aliphatic heterocycles. The molecular formula is C9H14F2N4O. The molecule has 1 aromatic rings. The number of rotatable bonds is 6. The Kier molecular flexibility index (Phi) is 5.00. The summed E-state index contributed by atoms with van der Waals surface area (Å²) in [6, 6.07) is 0. The highest BCUT2D eigenvalue weighted by molar-refractivity contribution is 5.43. The molecule has 1 aromatic heterocycles. The van der Waals surface area contributed by atoms with Crippen molar-refractivity contribution in [1.29, 1.82) is 0 Å². The molecule has 0 atom stereocenters. The molecule has 0 unspecified atom stereocenters. The molecule has 1 rings (SSSR count). The number of aliphatic hydroxyl groups is 1. The highest BCUT2D eigenvalue weighted by Gasteiger charge is 2.16. The van der Waals surface area contributed by atoms with Crippen LogP contribution in [0, 0.1) is 0 Å². The Hall–Kier alpha value is -1.34. The van der Waals surface area contributed by atoms with Gasteiger partial charge in [0.25, 0.3) is 6.43 Å². The first-order valence-corrected chi connectivity index (χ1v) is 4.83. The fourth-order valence-corrected chi connectivity index (χ4v) is 1.34. The summed E-state index contributed by atoms with van der Waals surface area (Å²) in [5.74, 6) is 0.305. The van der Waals surface area contributed by atoms with Crippen LogP contribution in [-0.4, -0.2) is 41.2 Å². The van der Waals surface area contributed by atoms with Crippen molar-refractivity contribution < 1.29 is 13.9 Å². The summed E-state index contributed by atoms with van der Waals surface area (Å²) in [6.07, 6.45) is 0.356. The van der Waals surface area contributed by atoms with Gasteiger partial charge in [0.05, 0.1) is 18.8 Å². The number of alkyl halides is 2. The third kappa shape index (κ3) is 3.35. The Balaban J connectivity index is 2.90. The fraction of sp³-hybridized carbons (Fsp3) is 0.556. The Morgan fingerprint density at radius 2 is 2.06 bits per heavy atom. The van der Waals surface area contributed by atoms with Gasteiger partial charge in [0.1, 0.15) is 0 Å². The van der Waals surface area contributed by atoms with E-state index in [9.17, 15) is 8.78 Å². The summed E-state index contributed by atoms with van der Waals surface area (Å²) in [5, 5.41) is 8.81. The molecule has 3 N–H and O–H groups in total. The van der Waals surface area contributed by atoms with E-state index in [-0.39, 0.29) is 19.7 Å². The van der Waals surface area contributed by atoms with Crippen LogP contribution < -0.4 is 10.6 Å². The molecule has 0 fully saturated rings. The lowest BCUT2D eigenvalue weighted by Crippen LogP contribution is -2.33. The molecule has 0 radical (unpaired) electrons. The predicted molar refractivity (Wildman–Crippen MR) is 55.2 cm³/mol. The van der Waals surface area contributed by atoms with Gasteiger partial charge in [-0.15, -0.1) is 0 Å². The monoisotopic (exact) mass is 232 g/mol. The van der Waals surface area contributed by atoms with Crippen LogP contribution in [0.1, 0.15) is 5.69 Å². The zero-order valence-electron chi connectivity index (χ0n) is 8.68. The third-order valence-corrected chi connectivity index (χ3v) is 1.97. The van der Waals surface area contributed by atoms with Crippen LogP contribution in [0.3, 0.4) is 0 Å². The molecule has 0 bridgehead atoms. The zero-order chi connectivity index (χ0) is 12.0. The van der Waals surface area contributed by atoms with E-state index in [0.29, 0.717) is 11.5 Å². The fourth-order valence-electron chi connectivity index (χ4n) is 1.34. The summed E-state index contributed by atoms with van der Waals surface area (Å²) < 4.78 is 24.7. The zero-order valence-corrected chi connectivity index (χ0v) is 8.68. The van der Waals surface area contributed by atoms with Gasteiger partial charge >= 0.3 is 0 Å². The Bertz CT molecular complexity index is 324. The number of anilines is 1. The van der Waals surface area contributed by atoms with Gasteiger partial charge in [-0.1, -0.05) is 0 Å². The minimum Gasteiger partial charge on any atom is -0.395 e. The first-order valence-electron chi connectivity index (χ1n) is 4.83. The first kappa shape index (κ1) is 12.7. The van der Waals surface area contributed by atoms with E-state index in [1.54, 1.807) is 0 Å². The molecule has 0 saturated carbocycles. The molecule has 1 heterocycles. The lowest BCUT2D eigenvalue weighted by atomic mass is 10.3. The van der Waals surface area contributed by atoms with E-state index < -0.39 is 13.0 Å². The smallest absolute Gasteiger partial charge is 0.255 e. The average molecular weight is 232 g/mol. The minimum absolute atomic E-state index is 0.0794. The molecule has 16 heavy (non-hydrogen) atoms. The molecular weight excluding hydrogens is 218 g/mol. The Morgan fingerprint density at radius 3 is 2.62 bits per heavy atom. The molecule has 0 amide bonds. The number of aliphatic hydroxyl groups excluding tert-OH is 1. The molecule has 0 spiro atoms. The second-order valence-electron chi connectivity index (χ2n) is 3.09. The molecule has 0 aliphatic rings. The standard InChI is InChI=1S/C9H14F2N4O/c10-8(11)6-15(3-4-16)9-7(5-12)13-1-2-14-9/h1-2,8,16H,3-6,12H2. The summed E-state index contributed by atoms with van der Waals surface area (Å²) in [6.45, 7) is -0.524. The molecule has 0 aromatic carbocycles. The van der Waals surface area contributed by atoms with Gasteiger partial charge in [0.2, 0.25) is 0 Å². The lowest BCUT2D eigenvalue weighted by Gasteiger charge is -2.23. The number of hydrogen-bond acceptors (Lipinski definition) is 5. The number of nitrogens with two attached hydrogens (primary N) is 1. The Labute approximate surface area is 91.9 Å². The van der Waals surface area contributed by atoms with Gasteiger partial charge < -0.3 is 15.7 Å². The van der Waals surface area contributed by atoms with Crippen LogP contribution in [0.15, 0.2) is 12.4 Å². The van der Waals surface area contributed by atoms with Gasteiger partial charge in [-0.3, -0.25) is 4.98 Å². The Morgan fingerprint density at radius 1 is 1.38 bits per heavy atom. The van der Waals surface area contributed by atoms with Crippen LogP contribution >= 0.6 is 0 Å². The van der Waals surface area contributed by atoms with Crippen molar-refractivity contribution in [3.8, 4) is 0 Å². The van der Waals surface area contributed by atoms with E-state index in [2.05, 4.69) is 9.97 Å². The van der Waals surface area contributed by atoms with Crippen molar-refractivity contribution >= 4 is 5.82 Å². The third-order valence-electron chi connectivity index (χ3n) is 1.97. The van der Waals surface area contributed by atoms with Crippen molar-refractivity contribution in [1.82, 2.24) is 9.97 Å². The van der Waals surface area contributed by atoms with Crippen molar-refractivity contribution in [3.63, 3.8) is 0 Å². The van der Waals surface area contributed by atoms with Crippen molar-refractivity contribution in [3.05, 3.63) is 18.1 Å². The van der Waals surface area contributed by atoms with Crippen LogP contribution in [0.25, 0.3) is 0 Å². The van der Waals surface area contributed by atoms with E-state index >= 15 is 0 Å². The van der Waals surface area contributed by atoms with Gasteiger partial charge in [0.15, 0.2) is 5.82 Å². The maximum absolute atomic E-state index is 12.3. The van der Waals surface area contributed by atoms with Crippen LogP contribution in [0.2, 0.25) is 0 Å². The summed E-state index contributed by atoms with van der Waals surface area (Å²) in [7, 11) is 0. The topological polar surface area (TPSA) is 75.3 Å².